The fraction of sp³-hybridized carbons (Fsp3) is 0.941. The van der Waals surface area contributed by atoms with Crippen molar-refractivity contribution in [2.24, 2.45) is 0 Å². The summed E-state index contributed by atoms with van der Waals surface area (Å²) in [6.07, 6.45) is 23.6. The van der Waals surface area contributed by atoms with Crippen LogP contribution >= 0.6 is 7.82 Å². The summed E-state index contributed by atoms with van der Waals surface area (Å²) in [5.41, 5.74) is 0. The van der Waals surface area contributed by atoms with E-state index in [2.05, 4.69) is 18.4 Å². The van der Waals surface area contributed by atoms with Crippen LogP contribution in [0.4, 0.5) is 0 Å². The van der Waals surface area contributed by atoms with Crippen LogP contribution in [-0.4, -0.2) is 95.2 Å². The van der Waals surface area contributed by atoms with E-state index < -0.39 is 51.8 Å². The van der Waals surface area contributed by atoms with Crippen molar-refractivity contribution in [3.8, 4) is 0 Å². The molecule has 0 aliphatic heterocycles. The van der Waals surface area contributed by atoms with Crippen LogP contribution in [-0.2, 0) is 32.7 Å². The number of rotatable bonds is 34. The summed E-state index contributed by atoms with van der Waals surface area (Å²) in [5, 5.41) is 18.2. The SMILES string of the molecule is CCCCCCCCCCCCCC(=O)OC[C@H](COP(=O)(O)OC[C@@H](O)CO)OC(=O)CCCCCCCCCCCCC.[Na]. The first kappa shape index (κ1) is 48.1. The molecule has 0 aromatic rings. The second kappa shape index (κ2) is 34.8. The van der Waals surface area contributed by atoms with Gasteiger partial charge in [0.15, 0.2) is 6.10 Å². The van der Waals surface area contributed by atoms with Crippen LogP contribution in [0.15, 0.2) is 0 Å². The standard InChI is InChI=1S/C34H67O10P.Na/c1-3-5-7-9-11-13-15-17-19-21-23-25-33(37)41-29-32(30-43-45(39,40)42-28-31(36)27-35)44-34(38)26-24-22-20-18-16-14-12-10-8-6-4-2;/h31-32,35-36H,3-30H2,1-2H3,(H,39,40);/t31-,32+;/m0./s1. The maximum Gasteiger partial charge on any atom is 0.472 e. The molecular weight excluding hydrogens is 622 g/mol. The second-order valence-corrected chi connectivity index (χ2v) is 13.7. The van der Waals surface area contributed by atoms with E-state index in [9.17, 15) is 24.2 Å². The first-order chi connectivity index (χ1) is 21.7. The van der Waals surface area contributed by atoms with Gasteiger partial charge < -0.3 is 24.6 Å². The molecule has 3 N–H and O–H groups in total. The Labute approximate surface area is 302 Å². The van der Waals surface area contributed by atoms with Gasteiger partial charge in [-0.1, -0.05) is 142 Å². The molecule has 1 radical (unpaired) electrons. The maximum atomic E-state index is 12.5. The molecule has 0 aromatic heterocycles. The van der Waals surface area contributed by atoms with Gasteiger partial charge in [0.1, 0.15) is 12.7 Å². The molecule has 3 atom stereocenters. The Morgan fingerprint density at radius 2 is 0.957 bits per heavy atom. The Bertz CT molecular complexity index is 743. The molecule has 0 saturated heterocycles. The number of ether oxygens (including phenoxy) is 2. The minimum atomic E-state index is -4.60. The molecule has 0 saturated carbocycles. The first-order valence-corrected chi connectivity index (χ1v) is 19.5. The van der Waals surface area contributed by atoms with Crippen LogP contribution in [0.3, 0.4) is 0 Å². The Morgan fingerprint density at radius 1 is 0.587 bits per heavy atom. The third-order valence-corrected chi connectivity index (χ3v) is 8.71. The van der Waals surface area contributed by atoms with Gasteiger partial charge in [0, 0.05) is 42.4 Å². The van der Waals surface area contributed by atoms with Crippen molar-refractivity contribution in [1.82, 2.24) is 0 Å². The Hall–Kier alpha value is -0.0300. The monoisotopic (exact) mass is 689 g/mol. The van der Waals surface area contributed by atoms with E-state index in [0.717, 1.165) is 38.5 Å². The zero-order chi connectivity index (χ0) is 33.4. The summed E-state index contributed by atoms with van der Waals surface area (Å²) >= 11 is 0. The molecule has 12 heteroatoms. The minimum absolute atomic E-state index is 0. The van der Waals surface area contributed by atoms with E-state index in [1.807, 2.05) is 0 Å². The van der Waals surface area contributed by atoms with E-state index >= 15 is 0 Å². The van der Waals surface area contributed by atoms with Crippen molar-refractivity contribution >= 4 is 49.3 Å². The van der Waals surface area contributed by atoms with Crippen molar-refractivity contribution in [2.75, 3.05) is 26.4 Å². The molecule has 10 nitrogen and oxygen atoms in total. The Kier molecular flexibility index (Phi) is 36.4. The number of esters is 2. The number of carbonyl (C=O) groups is 2. The summed E-state index contributed by atoms with van der Waals surface area (Å²) in [5.74, 6) is -0.919. The van der Waals surface area contributed by atoms with Gasteiger partial charge in [0.05, 0.1) is 19.8 Å². The topological polar surface area (TPSA) is 149 Å². The van der Waals surface area contributed by atoms with Crippen LogP contribution in [0.2, 0.25) is 0 Å². The Morgan fingerprint density at radius 3 is 1.37 bits per heavy atom. The summed E-state index contributed by atoms with van der Waals surface area (Å²) < 4.78 is 32.5. The molecule has 0 bridgehead atoms. The van der Waals surface area contributed by atoms with Crippen molar-refractivity contribution in [3.63, 3.8) is 0 Å². The summed E-state index contributed by atoms with van der Waals surface area (Å²) in [4.78, 5) is 34.7. The van der Waals surface area contributed by atoms with Crippen LogP contribution < -0.4 is 0 Å². The van der Waals surface area contributed by atoms with Crippen LogP contribution in [0.1, 0.15) is 168 Å². The Balaban J connectivity index is 0. The van der Waals surface area contributed by atoms with E-state index in [4.69, 9.17) is 19.1 Å². The van der Waals surface area contributed by atoms with Gasteiger partial charge in [-0.25, -0.2) is 4.57 Å². The number of unbranched alkanes of at least 4 members (excludes halogenated alkanes) is 20. The maximum absolute atomic E-state index is 12.5. The smallest absolute Gasteiger partial charge is 0.462 e. The predicted molar refractivity (Wildman–Crippen MR) is 184 cm³/mol. The van der Waals surface area contributed by atoms with Crippen LogP contribution in [0, 0.1) is 0 Å². The van der Waals surface area contributed by atoms with Gasteiger partial charge in [-0.2, -0.15) is 0 Å². The van der Waals surface area contributed by atoms with Gasteiger partial charge in [-0.3, -0.25) is 18.6 Å². The number of phosphoric acid groups is 1. The quantitative estimate of drug-likeness (QED) is 0.0263. The second-order valence-electron chi connectivity index (χ2n) is 12.3. The molecule has 269 valence electrons. The number of hydrogen-bond acceptors (Lipinski definition) is 9. The molecule has 0 aliphatic carbocycles. The minimum Gasteiger partial charge on any atom is -0.462 e. The van der Waals surface area contributed by atoms with Crippen molar-refractivity contribution in [2.45, 2.75) is 180 Å². The van der Waals surface area contributed by atoms with Gasteiger partial charge in [-0.05, 0) is 12.8 Å². The summed E-state index contributed by atoms with van der Waals surface area (Å²) in [6.45, 7) is 2.35. The third-order valence-electron chi connectivity index (χ3n) is 7.76. The number of phosphoric ester groups is 1. The molecule has 0 rings (SSSR count). The number of carbonyl (C=O) groups excluding carboxylic acids is 2. The molecule has 0 heterocycles. The van der Waals surface area contributed by atoms with Crippen LogP contribution in [0.5, 0.6) is 0 Å². The molecule has 0 amide bonds. The molecule has 1 unspecified atom stereocenters. The van der Waals surface area contributed by atoms with Gasteiger partial charge in [0.25, 0.3) is 0 Å². The zero-order valence-electron chi connectivity index (χ0n) is 29.6. The predicted octanol–water partition coefficient (Wildman–Crippen LogP) is 7.95. The molecule has 0 aliphatic rings. The van der Waals surface area contributed by atoms with Gasteiger partial charge in [0.2, 0.25) is 0 Å². The molecule has 0 fully saturated rings. The fourth-order valence-corrected chi connectivity index (χ4v) is 5.72. The van der Waals surface area contributed by atoms with Crippen molar-refractivity contribution in [3.05, 3.63) is 0 Å². The van der Waals surface area contributed by atoms with E-state index in [0.29, 0.717) is 12.8 Å². The number of hydrogen-bond donors (Lipinski definition) is 3. The van der Waals surface area contributed by atoms with Gasteiger partial charge in [-0.15, -0.1) is 0 Å². The summed E-state index contributed by atoms with van der Waals surface area (Å²) in [7, 11) is -4.60. The average Bonchev–Trinajstić information content (AvgIpc) is 3.02. The number of aliphatic hydroxyl groups excluding tert-OH is 2. The van der Waals surface area contributed by atoms with E-state index in [1.54, 1.807) is 0 Å². The summed E-state index contributed by atoms with van der Waals surface area (Å²) in [6, 6.07) is 0. The van der Waals surface area contributed by atoms with Gasteiger partial charge >= 0.3 is 19.8 Å². The van der Waals surface area contributed by atoms with E-state index in [1.165, 1.54) is 89.9 Å². The largest absolute Gasteiger partial charge is 0.472 e. The average molecular weight is 690 g/mol. The molecule has 0 aromatic carbocycles. The first-order valence-electron chi connectivity index (χ1n) is 18.0. The van der Waals surface area contributed by atoms with Crippen molar-refractivity contribution < 1.29 is 47.8 Å². The fourth-order valence-electron chi connectivity index (χ4n) is 4.93. The molecule has 46 heavy (non-hydrogen) atoms. The zero-order valence-corrected chi connectivity index (χ0v) is 32.5. The molecule has 0 spiro atoms. The molecular formula is C34H67NaO10P. The van der Waals surface area contributed by atoms with Crippen molar-refractivity contribution in [1.29, 1.82) is 0 Å². The number of aliphatic hydroxyl groups is 2. The normalized spacial score (nSPS) is 13.8. The van der Waals surface area contributed by atoms with Crippen LogP contribution in [0.25, 0.3) is 0 Å². The third kappa shape index (κ3) is 33.9. The van der Waals surface area contributed by atoms with E-state index in [-0.39, 0.29) is 49.0 Å².